The van der Waals surface area contributed by atoms with E-state index in [-0.39, 0.29) is 10.7 Å². The van der Waals surface area contributed by atoms with Crippen LogP contribution in [0.1, 0.15) is 5.56 Å². The van der Waals surface area contributed by atoms with Gasteiger partial charge in [-0.1, -0.05) is 11.6 Å². The van der Waals surface area contributed by atoms with E-state index in [1.165, 1.54) is 13.2 Å². The maximum atomic E-state index is 10.5. The molecule has 0 fully saturated rings. The molecule has 0 aliphatic heterocycles. The van der Waals surface area contributed by atoms with Crippen LogP contribution in [0.2, 0.25) is 5.02 Å². The molecule has 0 radical (unpaired) electrons. The number of nitrogens with zero attached hydrogens (tertiary/aromatic N) is 1. The van der Waals surface area contributed by atoms with E-state index in [1.54, 1.807) is 13.0 Å². The van der Waals surface area contributed by atoms with Crippen molar-refractivity contribution in [3.05, 3.63) is 32.8 Å². The molecule has 13 heavy (non-hydrogen) atoms. The minimum Gasteiger partial charge on any atom is -0.495 e. The average molecular weight is 202 g/mol. The molecule has 0 saturated heterocycles. The third-order valence-electron chi connectivity index (χ3n) is 1.67. The number of hydrogen-bond donors (Lipinski definition) is 0. The Morgan fingerprint density at radius 2 is 2.15 bits per heavy atom. The molecule has 0 aliphatic rings. The van der Waals surface area contributed by atoms with Crippen LogP contribution in [0.4, 0.5) is 5.69 Å². The van der Waals surface area contributed by atoms with E-state index in [9.17, 15) is 10.1 Å². The fourth-order valence-corrected chi connectivity index (χ4v) is 1.39. The third-order valence-corrected chi connectivity index (χ3v) is 2.04. The summed E-state index contributed by atoms with van der Waals surface area (Å²) in [7, 11) is 1.43. The largest absolute Gasteiger partial charge is 0.495 e. The van der Waals surface area contributed by atoms with Crippen molar-refractivity contribution in [3.8, 4) is 5.75 Å². The first kappa shape index (κ1) is 9.80. The highest BCUT2D eigenvalue weighted by Gasteiger charge is 2.17. The fraction of sp³-hybridized carbons (Fsp3) is 0.250. The van der Waals surface area contributed by atoms with Crippen LogP contribution < -0.4 is 4.74 Å². The number of benzene rings is 1. The molecule has 0 aromatic heterocycles. The summed E-state index contributed by atoms with van der Waals surface area (Å²) in [6.45, 7) is 1.77. The SMILES string of the molecule is COc1c(C)ccc([N+](=O)[O-])c1Cl. The van der Waals surface area contributed by atoms with Gasteiger partial charge >= 0.3 is 0 Å². The molecule has 1 aromatic rings. The minimum absolute atomic E-state index is 0.0486. The molecule has 0 saturated carbocycles. The van der Waals surface area contributed by atoms with Crippen LogP contribution in [0.15, 0.2) is 12.1 Å². The number of hydrogen-bond acceptors (Lipinski definition) is 3. The Morgan fingerprint density at radius 1 is 1.54 bits per heavy atom. The van der Waals surface area contributed by atoms with Crippen LogP contribution in [-0.4, -0.2) is 12.0 Å². The first-order chi connectivity index (χ1) is 6.07. The van der Waals surface area contributed by atoms with Crippen molar-refractivity contribution in [1.82, 2.24) is 0 Å². The van der Waals surface area contributed by atoms with E-state index in [2.05, 4.69) is 0 Å². The van der Waals surface area contributed by atoms with Gasteiger partial charge in [0.15, 0.2) is 5.02 Å². The Kier molecular flexibility index (Phi) is 2.72. The monoisotopic (exact) mass is 201 g/mol. The highest BCUT2D eigenvalue weighted by atomic mass is 35.5. The Labute approximate surface area is 80.2 Å². The summed E-state index contributed by atoms with van der Waals surface area (Å²) >= 11 is 5.74. The first-order valence-corrected chi connectivity index (χ1v) is 3.93. The second-order valence-corrected chi connectivity index (χ2v) is 2.88. The molecule has 1 aromatic carbocycles. The van der Waals surface area contributed by atoms with Crippen molar-refractivity contribution >= 4 is 17.3 Å². The van der Waals surface area contributed by atoms with Crippen LogP contribution in [0.25, 0.3) is 0 Å². The lowest BCUT2D eigenvalue weighted by Crippen LogP contribution is -1.94. The Balaban J connectivity index is 3.35. The quantitative estimate of drug-likeness (QED) is 0.546. The standard InChI is InChI=1S/C8H8ClNO3/c1-5-3-4-6(10(11)12)7(9)8(5)13-2/h3-4H,1-2H3. The number of nitro benzene ring substituents is 1. The molecular weight excluding hydrogens is 194 g/mol. The van der Waals surface area contributed by atoms with Crippen LogP contribution in [0.3, 0.4) is 0 Å². The second kappa shape index (κ2) is 3.62. The van der Waals surface area contributed by atoms with Crippen molar-refractivity contribution < 1.29 is 9.66 Å². The van der Waals surface area contributed by atoms with E-state index in [4.69, 9.17) is 16.3 Å². The van der Waals surface area contributed by atoms with E-state index >= 15 is 0 Å². The third kappa shape index (κ3) is 1.72. The van der Waals surface area contributed by atoms with Gasteiger partial charge in [-0.3, -0.25) is 10.1 Å². The lowest BCUT2D eigenvalue weighted by Gasteiger charge is -2.05. The van der Waals surface area contributed by atoms with Gasteiger partial charge in [0.25, 0.3) is 5.69 Å². The van der Waals surface area contributed by atoms with Gasteiger partial charge in [-0.2, -0.15) is 0 Å². The van der Waals surface area contributed by atoms with Crippen LogP contribution in [0, 0.1) is 17.0 Å². The topological polar surface area (TPSA) is 52.4 Å². The number of methoxy groups -OCH3 is 1. The number of nitro groups is 1. The maximum Gasteiger partial charge on any atom is 0.291 e. The van der Waals surface area contributed by atoms with Crippen molar-refractivity contribution in [1.29, 1.82) is 0 Å². The number of rotatable bonds is 2. The van der Waals surface area contributed by atoms with E-state index in [1.807, 2.05) is 0 Å². The van der Waals surface area contributed by atoms with Gasteiger partial charge in [0, 0.05) is 6.07 Å². The molecule has 0 N–H and O–H groups in total. The van der Waals surface area contributed by atoms with E-state index in [0.717, 1.165) is 5.56 Å². The molecular formula is C8H8ClNO3. The van der Waals surface area contributed by atoms with Gasteiger partial charge in [-0.15, -0.1) is 0 Å². The van der Waals surface area contributed by atoms with Crippen LogP contribution >= 0.6 is 11.6 Å². The van der Waals surface area contributed by atoms with Crippen molar-refractivity contribution in [2.24, 2.45) is 0 Å². The molecule has 0 heterocycles. The van der Waals surface area contributed by atoms with Crippen LogP contribution in [-0.2, 0) is 0 Å². The molecule has 0 bridgehead atoms. The summed E-state index contributed by atoms with van der Waals surface area (Å²) < 4.78 is 4.93. The number of ether oxygens (including phenoxy) is 1. The Bertz CT molecular complexity index is 351. The lowest BCUT2D eigenvalue weighted by molar-refractivity contribution is -0.384. The molecule has 0 aliphatic carbocycles. The lowest BCUT2D eigenvalue weighted by atomic mass is 10.2. The summed E-state index contributed by atoms with van der Waals surface area (Å²) in [5.74, 6) is 0.357. The number of halogens is 1. The summed E-state index contributed by atoms with van der Waals surface area (Å²) in [6, 6.07) is 2.96. The molecule has 70 valence electrons. The van der Waals surface area contributed by atoms with Crippen molar-refractivity contribution in [2.45, 2.75) is 6.92 Å². The number of aryl methyl sites for hydroxylation is 1. The Morgan fingerprint density at radius 3 is 2.62 bits per heavy atom. The van der Waals surface area contributed by atoms with Gasteiger partial charge in [0.1, 0.15) is 5.75 Å². The van der Waals surface area contributed by atoms with Crippen molar-refractivity contribution in [2.75, 3.05) is 7.11 Å². The molecule has 0 unspecified atom stereocenters. The van der Waals surface area contributed by atoms with Gasteiger partial charge in [0.2, 0.25) is 0 Å². The average Bonchev–Trinajstić information content (AvgIpc) is 2.04. The van der Waals surface area contributed by atoms with Gasteiger partial charge in [-0.05, 0) is 18.6 Å². The molecule has 0 spiro atoms. The molecule has 0 atom stereocenters. The summed E-state index contributed by atoms with van der Waals surface area (Å²) in [5.41, 5.74) is 0.641. The zero-order valence-corrected chi connectivity index (χ0v) is 7.96. The van der Waals surface area contributed by atoms with Crippen molar-refractivity contribution in [3.63, 3.8) is 0 Å². The highest BCUT2D eigenvalue weighted by molar-refractivity contribution is 6.34. The first-order valence-electron chi connectivity index (χ1n) is 3.55. The zero-order valence-electron chi connectivity index (χ0n) is 7.20. The van der Waals surface area contributed by atoms with Gasteiger partial charge in [0.05, 0.1) is 12.0 Å². The molecule has 4 nitrogen and oxygen atoms in total. The Hall–Kier alpha value is -1.29. The molecule has 0 amide bonds. The predicted molar refractivity (Wildman–Crippen MR) is 49.4 cm³/mol. The minimum atomic E-state index is -0.537. The smallest absolute Gasteiger partial charge is 0.291 e. The summed E-state index contributed by atoms with van der Waals surface area (Å²) in [6.07, 6.45) is 0. The summed E-state index contributed by atoms with van der Waals surface area (Å²) in [5, 5.41) is 10.5. The van der Waals surface area contributed by atoms with Gasteiger partial charge in [-0.25, -0.2) is 0 Å². The molecule has 5 heteroatoms. The van der Waals surface area contributed by atoms with Crippen LogP contribution in [0.5, 0.6) is 5.75 Å². The maximum absolute atomic E-state index is 10.5. The van der Waals surface area contributed by atoms with E-state index < -0.39 is 4.92 Å². The highest BCUT2D eigenvalue weighted by Crippen LogP contribution is 2.35. The zero-order chi connectivity index (χ0) is 10.0. The van der Waals surface area contributed by atoms with Gasteiger partial charge < -0.3 is 4.74 Å². The predicted octanol–water partition coefficient (Wildman–Crippen LogP) is 2.57. The normalized spacial score (nSPS) is 9.77. The molecule has 1 rings (SSSR count). The second-order valence-electron chi connectivity index (χ2n) is 2.51. The fourth-order valence-electron chi connectivity index (χ4n) is 1.03. The van der Waals surface area contributed by atoms with E-state index in [0.29, 0.717) is 5.75 Å². The summed E-state index contributed by atoms with van der Waals surface area (Å²) in [4.78, 5) is 9.93.